The summed E-state index contributed by atoms with van der Waals surface area (Å²) in [4.78, 5) is 25.9. The third kappa shape index (κ3) is 6.15. The Morgan fingerprint density at radius 3 is 2.54 bits per heavy atom. The van der Waals surface area contributed by atoms with E-state index >= 15 is 0 Å². The van der Waals surface area contributed by atoms with Crippen LogP contribution in [0.3, 0.4) is 0 Å². The topological polar surface area (TPSA) is 58.6 Å². The fourth-order valence-corrected chi connectivity index (χ4v) is 2.46. The van der Waals surface area contributed by atoms with Crippen molar-refractivity contribution in [2.45, 2.75) is 26.4 Å². The van der Waals surface area contributed by atoms with Gasteiger partial charge in [-0.3, -0.25) is 9.59 Å². The van der Waals surface area contributed by atoms with Gasteiger partial charge in [-0.25, -0.2) is 0 Å². The first-order chi connectivity index (χ1) is 11.4. The molecule has 1 rings (SSSR count). The van der Waals surface area contributed by atoms with E-state index in [1.807, 2.05) is 0 Å². The van der Waals surface area contributed by atoms with Crippen molar-refractivity contribution in [3.8, 4) is 0 Å². The minimum absolute atomic E-state index is 0.105. The second-order valence-electron chi connectivity index (χ2n) is 5.09. The predicted molar refractivity (Wildman–Crippen MR) is 97.6 cm³/mol. The molecular formula is C17H22Cl2N2O3. The summed E-state index contributed by atoms with van der Waals surface area (Å²) in [5.74, 6) is -0.625. The average Bonchev–Trinajstić information content (AvgIpc) is 2.55. The Morgan fingerprint density at radius 1 is 1.38 bits per heavy atom. The summed E-state index contributed by atoms with van der Waals surface area (Å²) < 4.78 is 5.43. The van der Waals surface area contributed by atoms with Gasteiger partial charge in [0.2, 0.25) is 5.91 Å². The zero-order valence-electron chi connectivity index (χ0n) is 13.9. The summed E-state index contributed by atoms with van der Waals surface area (Å²) >= 11 is 12.0. The lowest BCUT2D eigenvalue weighted by Gasteiger charge is -2.24. The Morgan fingerprint density at radius 2 is 2.00 bits per heavy atom. The number of ether oxygens (including phenoxy) is 1. The quantitative estimate of drug-likeness (QED) is 0.530. The van der Waals surface area contributed by atoms with E-state index in [0.717, 1.165) is 0 Å². The van der Waals surface area contributed by atoms with Gasteiger partial charge in [0, 0.05) is 6.54 Å². The van der Waals surface area contributed by atoms with Crippen molar-refractivity contribution < 1.29 is 14.3 Å². The summed E-state index contributed by atoms with van der Waals surface area (Å²) in [6.45, 7) is 7.75. The van der Waals surface area contributed by atoms with E-state index in [0.29, 0.717) is 35.3 Å². The average molecular weight is 373 g/mol. The molecule has 0 aliphatic carbocycles. The molecule has 0 saturated carbocycles. The Hall–Kier alpha value is -1.56. The number of nitrogens with one attached hydrogen (secondary N) is 1. The van der Waals surface area contributed by atoms with Crippen LogP contribution in [-0.4, -0.2) is 42.5 Å². The first kappa shape index (κ1) is 20.5. The number of benzene rings is 1. The molecule has 0 aliphatic heterocycles. The van der Waals surface area contributed by atoms with Gasteiger partial charge >= 0.3 is 0 Å². The van der Waals surface area contributed by atoms with Crippen LogP contribution < -0.4 is 5.32 Å². The van der Waals surface area contributed by atoms with E-state index in [1.54, 1.807) is 38.1 Å². The number of nitrogens with zero attached hydrogens (tertiary/aromatic N) is 1. The largest absolute Gasteiger partial charge is 0.368 e. The van der Waals surface area contributed by atoms with Crippen LogP contribution in [-0.2, 0) is 14.3 Å². The van der Waals surface area contributed by atoms with Crippen molar-refractivity contribution in [3.05, 3.63) is 40.9 Å². The summed E-state index contributed by atoms with van der Waals surface area (Å²) in [6.07, 6.45) is 1.76. The number of anilines is 1. The molecule has 2 amide bonds. The maximum Gasteiger partial charge on any atom is 0.251 e. The monoisotopic (exact) mass is 372 g/mol. The molecule has 5 nitrogen and oxygen atoms in total. The van der Waals surface area contributed by atoms with E-state index in [2.05, 4.69) is 11.9 Å². The number of likely N-dealkylation sites (N-methyl/N-ethyl adjacent to an activating group) is 1. The molecule has 0 radical (unpaired) electrons. The second kappa shape index (κ2) is 10.3. The highest BCUT2D eigenvalue weighted by molar-refractivity contribution is 6.39. The molecule has 0 saturated heterocycles. The third-order valence-corrected chi connectivity index (χ3v) is 3.92. The number of halogens is 2. The summed E-state index contributed by atoms with van der Waals surface area (Å²) in [5, 5.41) is 3.32. The number of hydrogen-bond donors (Lipinski definition) is 1. The lowest BCUT2D eigenvalue weighted by atomic mass is 10.3. The molecular weight excluding hydrogens is 351 g/mol. The van der Waals surface area contributed by atoms with Gasteiger partial charge < -0.3 is 15.0 Å². The van der Waals surface area contributed by atoms with E-state index < -0.39 is 6.10 Å². The molecule has 1 aromatic carbocycles. The van der Waals surface area contributed by atoms with Crippen LogP contribution in [0.1, 0.15) is 20.3 Å². The molecule has 24 heavy (non-hydrogen) atoms. The lowest BCUT2D eigenvalue weighted by Crippen LogP contribution is -2.43. The van der Waals surface area contributed by atoms with Crippen molar-refractivity contribution in [1.82, 2.24) is 4.90 Å². The fourth-order valence-electron chi connectivity index (χ4n) is 1.97. The fraction of sp³-hybridized carbons (Fsp3) is 0.412. The second-order valence-corrected chi connectivity index (χ2v) is 5.90. The molecule has 1 N–H and O–H groups in total. The van der Waals surface area contributed by atoms with Crippen molar-refractivity contribution in [2.24, 2.45) is 0 Å². The van der Waals surface area contributed by atoms with Crippen LogP contribution in [0.5, 0.6) is 0 Å². The predicted octanol–water partition coefficient (Wildman–Crippen LogP) is 3.76. The van der Waals surface area contributed by atoms with Crippen LogP contribution in [0, 0.1) is 0 Å². The van der Waals surface area contributed by atoms with E-state index in [9.17, 15) is 9.59 Å². The van der Waals surface area contributed by atoms with Crippen molar-refractivity contribution in [2.75, 3.05) is 25.0 Å². The summed E-state index contributed by atoms with van der Waals surface area (Å²) in [7, 11) is 0. The van der Waals surface area contributed by atoms with E-state index in [4.69, 9.17) is 27.9 Å². The highest BCUT2D eigenvalue weighted by Gasteiger charge is 2.22. The summed E-state index contributed by atoms with van der Waals surface area (Å²) in [6, 6.07) is 4.94. The van der Waals surface area contributed by atoms with Crippen molar-refractivity contribution in [1.29, 1.82) is 0 Å². The maximum atomic E-state index is 12.3. The standard InChI is InChI=1S/C17H22Cl2N2O3/c1-4-6-10-24-12(3)17(23)21(5-2)11-15(22)20-16-13(18)8-7-9-14(16)19/h4,7-9,12H,1,5-6,10-11H2,2-3H3,(H,20,22). The number of carbonyl (C=O) groups excluding carboxylic acids is 2. The number of amides is 2. The Labute approximate surface area is 152 Å². The summed E-state index contributed by atoms with van der Waals surface area (Å²) in [5.41, 5.74) is 0.338. The Bertz CT molecular complexity index is 573. The highest BCUT2D eigenvalue weighted by Crippen LogP contribution is 2.29. The molecule has 132 valence electrons. The zero-order chi connectivity index (χ0) is 18.1. The van der Waals surface area contributed by atoms with Crippen LogP contribution in [0.4, 0.5) is 5.69 Å². The van der Waals surface area contributed by atoms with Crippen molar-refractivity contribution >= 4 is 40.7 Å². The van der Waals surface area contributed by atoms with Crippen molar-refractivity contribution in [3.63, 3.8) is 0 Å². The number of carbonyl (C=O) groups is 2. The molecule has 0 spiro atoms. The SMILES string of the molecule is C=CCCOC(C)C(=O)N(CC)CC(=O)Nc1c(Cl)cccc1Cl. The van der Waals surface area contributed by atoms with Gasteiger partial charge in [-0.15, -0.1) is 6.58 Å². The molecule has 0 heterocycles. The van der Waals surface area contributed by atoms with Gasteiger partial charge in [-0.05, 0) is 32.4 Å². The lowest BCUT2D eigenvalue weighted by molar-refractivity contribution is -0.144. The Balaban J connectivity index is 2.65. The van der Waals surface area contributed by atoms with Gasteiger partial charge in [0.05, 0.1) is 28.9 Å². The first-order valence-electron chi connectivity index (χ1n) is 7.65. The van der Waals surface area contributed by atoms with Gasteiger partial charge in [-0.2, -0.15) is 0 Å². The minimum atomic E-state index is -0.624. The molecule has 1 atom stereocenters. The molecule has 7 heteroatoms. The van der Waals surface area contributed by atoms with Crippen LogP contribution in [0.2, 0.25) is 10.0 Å². The molecule has 1 unspecified atom stereocenters. The molecule has 0 fully saturated rings. The van der Waals surface area contributed by atoms with Gasteiger partial charge in [-0.1, -0.05) is 35.3 Å². The Kier molecular flexibility index (Phi) is 8.82. The third-order valence-electron chi connectivity index (χ3n) is 3.29. The van der Waals surface area contributed by atoms with Crippen LogP contribution in [0.15, 0.2) is 30.9 Å². The van der Waals surface area contributed by atoms with Crippen LogP contribution >= 0.6 is 23.2 Å². The minimum Gasteiger partial charge on any atom is -0.368 e. The number of para-hydroxylation sites is 1. The molecule has 0 aliphatic rings. The normalized spacial score (nSPS) is 11.7. The first-order valence-corrected chi connectivity index (χ1v) is 8.41. The number of rotatable bonds is 9. The van der Waals surface area contributed by atoms with Gasteiger partial charge in [0.1, 0.15) is 6.10 Å². The van der Waals surface area contributed by atoms with Crippen LogP contribution in [0.25, 0.3) is 0 Å². The van der Waals surface area contributed by atoms with E-state index in [1.165, 1.54) is 4.90 Å². The highest BCUT2D eigenvalue weighted by atomic mass is 35.5. The van der Waals surface area contributed by atoms with Gasteiger partial charge in [0.15, 0.2) is 0 Å². The molecule has 1 aromatic rings. The zero-order valence-corrected chi connectivity index (χ0v) is 15.4. The smallest absolute Gasteiger partial charge is 0.251 e. The maximum absolute atomic E-state index is 12.3. The van der Waals surface area contributed by atoms with Gasteiger partial charge in [0.25, 0.3) is 5.91 Å². The molecule has 0 aromatic heterocycles. The van der Waals surface area contributed by atoms with E-state index in [-0.39, 0.29) is 18.4 Å². The molecule has 0 bridgehead atoms. The number of hydrogen-bond acceptors (Lipinski definition) is 3.